The van der Waals surface area contributed by atoms with E-state index in [1.165, 1.54) is 16.6 Å². The molecule has 0 spiro atoms. The van der Waals surface area contributed by atoms with E-state index >= 15 is 0 Å². The van der Waals surface area contributed by atoms with Crippen molar-refractivity contribution in [2.75, 3.05) is 5.32 Å². The van der Waals surface area contributed by atoms with Crippen LogP contribution in [0, 0.1) is 11.3 Å². The molecule has 3 rings (SSSR count). The average Bonchev–Trinajstić information content (AvgIpc) is 3.27. The van der Waals surface area contributed by atoms with Crippen LogP contribution in [0.5, 0.6) is 0 Å². The second-order valence-corrected chi connectivity index (χ2v) is 8.12. The molecule has 1 unspecified atom stereocenters. The van der Waals surface area contributed by atoms with Crippen LogP contribution >= 0.6 is 34.7 Å². The van der Waals surface area contributed by atoms with Crippen molar-refractivity contribution in [3.63, 3.8) is 0 Å². The highest BCUT2D eigenvalue weighted by Crippen LogP contribution is 2.24. The van der Waals surface area contributed by atoms with Crippen molar-refractivity contribution in [2.24, 2.45) is 0 Å². The maximum Gasteiger partial charge on any atom is 0.237 e. The Labute approximate surface area is 163 Å². The van der Waals surface area contributed by atoms with Gasteiger partial charge in [-0.05, 0) is 36.6 Å². The van der Waals surface area contributed by atoms with Gasteiger partial charge in [-0.2, -0.15) is 5.26 Å². The zero-order valence-electron chi connectivity index (χ0n) is 13.7. The highest BCUT2D eigenvalue weighted by molar-refractivity contribution is 8.00. The summed E-state index contributed by atoms with van der Waals surface area (Å²) in [7, 11) is 0. The molecule has 0 radical (unpaired) electrons. The van der Waals surface area contributed by atoms with Crippen molar-refractivity contribution in [3.05, 3.63) is 57.0 Å². The number of nitriles is 1. The number of hydrogen-bond acceptors (Lipinski definition) is 6. The molecule has 0 bridgehead atoms. The van der Waals surface area contributed by atoms with Gasteiger partial charge in [0.1, 0.15) is 11.9 Å². The van der Waals surface area contributed by atoms with E-state index in [1.54, 1.807) is 36.5 Å². The van der Waals surface area contributed by atoms with Gasteiger partial charge in [-0.1, -0.05) is 29.4 Å². The molecule has 3 aromatic rings. The van der Waals surface area contributed by atoms with E-state index in [0.717, 1.165) is 5.82 Å². The zero-order valence-corrected chi connectivity index (χ0v) is 16.1. The Kier molecular flexibility index (Phi) is 5.93. The topological polar surface area (TPSA) is 94.5 Å². The van der Waals surface area contributed by atoms with E-state index in [1.807, 2.05) is 23.6 Å². The highest BCUT2D eigenvalue weighted by atomic mass is 35.5. The third kappa shape index (κ3) is 4.64. The number of nitrogens with one attached hydrogen (secondary N) is 2. The van der Waals surface area contributed by atoms with Gasteiger partial charge in [0.2, 0.25) is 11.1 Å². The van der Waals surface area contributed by atoms with Crippen molar-refractivity contribution in [1.29, 1.82) is 5.26 Å². The minimum absolute atomic E-state index is 0.194. The van der Waals surface area contributed by atoms with Crippen LogP contribution in [-0.4, -0.2) is 26.3 Å². The molecule has 132 valence electrons. The van der Waals surface area contributed by atoms with Gasteiger partial charge < -0.3 is 5.32 Å². The molecule has 1 atom stereocenters. The Morgan fingerprint density at radius 1 is 1.50 bits per heavy atom. The summed E-state index contributed by atoms with van der Waals surface area (Å²) in [6.45, 7) is 1.78. The highest BCUT2D eigenvalue weighted by Gasteiger charge is 2.18. The van der Waals surface area contributed by atoms with Crippen molar-refractivity contribution in [3.8, 4) is 6.07 Å². The number of thioether (sulfide) groups is 1. The molecule has 2 aromatic heterocycles. The molecule has 6 nitrogen and oxygen atoms in total. The third-order valence-corrected chi connectivity index (χ3v) is 5.59. The Bertz CT molecular complexity index is 948. The van der Waals surface area contributed by atoms with Crippen molar-refractivity contribution in [2.45, 2.75) is 23.8 Å². The van der Waals surface area contributed by atoms with Crippen LogP contribution in [0.25, 0.3) is 0 Å². The number of nitrogens with zero attached hydrogens (tertiary/aromatic N) is 3. The smallest absolute Gasteiger partial charge is 0.237 e. The van der Waals surface area contributed by atoms with E-state index < -0.39 is 5.25 Å². The fourth-order valence-corrected chi connectivity index (χ4v) is 3.80. The first-order chi connectivity index (χ1) is 12.5. The quantitative estimate of drug-likeness (QED) is 0.604. The Morgan fingerprint density at radius 3 is 3.04 bits per heavy atom. The molecule has 2 heterocycles. The van der Waals surface area contributed by atoms with Gasteiger partial charge >= 0.3 is 0 Å². The van der Waals surface area contributed by atoms with Gasteiger partial charge in [-0.25, -0.2) is 4.98 Å². The second kappa shape index (κ2) is 8.36. The standard InChI is InChI=1S/C17H14ClN5OS2/c1-10(16(24)20-12-5-4-11(9-19)14(18)7-12)26-17-21-15(22-23-17)8-13-3-2-6-25-13/h2-7,10H,8H2,1H3,(H,20,24)(H,21,22,23). The molecule has 1 aromatic carbocycles. The minimum Gasteiger partial charge on any atom is -0.325 e. The van der Waals surface area contributed by atoms with E-state index in [2.05, 4.69) is 20.5 Å². The number of hydrogen-bond donors (Lipinski definition) is 2. The summed E-state index contributed by atoms with van der Waals surface area (Å²) in [5, 5.41) is 21.2. The Morgan fingerprint density at radius 2 is 2.35 bits per heavy atom. The van der Waals surface area contributed by atoms with E-state index in [-0.39, 0.29) is 5.91 Å². The lowest BCUT2D eigenvalue weighted by atomic mass is 10.2. The van der Waals surface area contributed by atoms with E-state index in [0.29, 0.717) is 27.9 Å². The lowest BCUT2D eigenvalue weighted by Crippen LogP contribution is -2.22. The molecule has 0 aliphatic carbocycles. The van der Waals surface area contributed by atoms with Crippen molar-refractivity contribution >= 4 is 46.3 Å². The average molecular weight is 404 g/mol. The monoisotopic (exact) mass is 403 g/mol. The summed E-state index contributed by atoms with van der Waals surface area (Å²) in [6, 6.07) is 10.8. The number of carbonyl (C=O) groups is 1. The fourth-order valence-electron chi connectivity index (χ4n) is 2.13. The summed E-state index contributed by atoms with van der Waals surface area (Å²) in [6.07, 6.45) is 0.690. The van der Waals surface area contributed by atoms with Gasteiger partial charge in [0.05, 0.1) is 15.8 Å². The summed E-state index contributed by atoms with van der Waals surface area (Å²) < 4.78 is 0. The molecule has 9 heteroatoms. The van der Waals surface area contributed by atoms with Crippen molar-refractivity contribution < 1.29 is 4.79 Å². The van der Waals surface area contributed by atoms with Crippen LogP contribution in [0.2, 0.25) is 5.02 Å². The van der Waals surface area contributed by atoms with Crippen LogP contribution in [0.3, 0.4) is 0 Å². The van der Waals surface area contributed by atoms with Crippen LogP contribution in [0.4, 0.5) is 5.69 Å². The maximum absolute atomic E-state index is 12.3. The number of carbonyl (C=O) groups excluding carboxylic acids is 1. The molecule has 0 saturated carbocycles. The molecule has 2 N–H and O–H groups in total. The summed E-state index contributed by atoms with van der Waals surface area (Å²) >= 11 is 8.91. The van der Waals surface area contributed by atoms with Crippen molar-refractivity contribution in [1.82, 2.24) is 15.2 Å². The summed E-state index contributed by atoms with van der Waals surface area (Å²) in [5.74, 6) is 0.571. The number of benzene rings is 1. The number of amides is 1. The first kappa shape index (κ1) is 18.5. The SMILES string of the molecule is CC(Sc1n[nH]c(Cc2cccs2)n1)C(=O)Nc1ccc(C#N)c(Cl)c1. The van der Waals surface area contributed by atoms with E-state index in [9.17, 15) is 4.79 Å². The van der Waals surface area contributed by atoms with Gasteiger partial charge in [-0.3, -0.25) is 9.89 Å². The molecular formula is C17H14ClN5OS2. The molecule has 1 amide bonds. The lowest BCUT2D eigenvalue weighted by molar-refractivity contribution is -0.115. The molecule has 26 heavy (non-hydrogen) atoms. The van der Waals surface area contributed by atoms with Crippen LogP contribution in [-0.2, 0) is 11.2 Å². The first-order valence-corrected chi connectivity index (χ1v) is 9.79. The second-order valence-electron chi connectivity index (χ2n) is 5.38. The van der Waals surface area contributed by atoms with Gasteiger partial charge in [0.25, 0.3) is 0 Å². The normalized spacial score (nSPS) is 11.7. The molecule has 0 aliphatic rings. The largest absolute Gasteiger partial charge is 0.325 e. The van der Waals surface area contributed by atoms with Gasteiger partial charge in [-0.15, -0.1) is 16.4 Å². The molecule has 0 saturated heterocycles. The van der Waals surface area contributed by atoms with E-state index in [4.69, 9.17) is 16.9 Å². The number of H-pyrrole nitrogens is 1. The molecule has 0 fully saturated rings. The Balaban J connectivity index is 1.58. The molecule has 0 aliphatic heterocycles. The van der Waals surface area contributed by atoms with Crippen LogP contribution in [0.15, 0.2) is 40.9 Å². The minimum atomic E-state index is -0.394. The zero-order chi connectivity index (χ0) is 18.5. The van der Waals surface area contributed by atoms with Crippen LogP contribution in [0.1, 0.15) is 23.2 Å². The Hall–Kier alpha value is -2.34. The number of aromatic nitrogens is 3. The number of anilines is 1. The summed E-state index contributed by atoms with van der Waals surface area (Å²) in [5.41, 5.74) is 0.908. The maximum atomic E-state index is 12.3. The number of thiophene rings is 1. The predicted molar refractivity (Wildman–Crippen MR) is 104 cm³/mol. The number of halogens is 1. The van der Waals surface area contributed by atoms with Gasteiger partial charge in [0.15, 0.2) is 0 Å². The first-order valence-electron chi connectivity index (χ1n) is 7.66. The van der Waals surface area contributed by atoms with Gasteiger partial charge in [0, 0.05) is 17.0 Å². The summed E-state index contributed by atoms with van der Waals surface area (Å²) in [4.78, 5) is 18.0. The molecular weight excluding hydrogens is 390 g/mol. The number of aromatic amines is 1. The predicted octanol–water partition coefficient (Wildman–Crippen LogP) is 4.10. The number of rotatable bonds is 6. The third-order valence-electron chi connectivity index (χ3n) is 3.44. The lowest BCUT2D eigenvalue weighted by Gasteiger charge is -2.10. The fraction of sp³-hybridized carbons (Fsp3) is 0.176. The van der Waals surface area contributed by atoms with Crippen LogP contribution < -0.4 is 5.32 Å².